The molecule has 14 nitrogen and oxygen atoms in total. The molecule has 0 radical (unpaired) electrons. The highest BCUT2D eigenvalue weighted by Crippen LogP contribution is 2.24. The van der Waals surface area contributed by atoms with Gasteiger partial charge in [0.1, 0.15) is 12.3 Å². The number of likely N-dealkylation sites (N-methyl/N-ethyl adjacent to an activating group) is 1. The molecule has 0 fully saturated rings. The van der Waals surface area contributed by atoms with Crippen molar-refractivity contribution in [3.63, 3.8) is 0 Å². The number of amides is 3. The van der Waals surface area contributed by atoms with Gasteiger partial charge < -0.3 is 24.9 Å². The number of aromatic nitrogens is 4. The van der Waals surface area contributed by atoms with E-state index in [-0.39, 0.29) is 17.7 Å². The molecule has 2 aliphatic heterocycles. The van der Waals surface area contributed by atoms with E-state index >= 15 is 0 Å². The lowest BCUT2D eigenvalue weighted by atomic mass is 10.0. The molecule has 0 saturated carbocycles. The molecule has 0 unspecified atom stereocenters. The number of carbonyl (C=O) groups excluding carboxylic acids is 4. The summed E-state index contributed by atoms with van der Waals surface area (Å²) in [6, 6.07) is 16.4. The van der Waals surface area contributed by atoms with Crippen molar-refractivity contribution >= 4 is 24.0 Å². The Balaban J connectivity index is 0.000000203. The van der Waals surface area contributed by atoms with E-state index in [9.17, 15) is 19.2 Å². The number of nitrogens with zero attached hydrogens (tertiary/aromatic N) is 5. The lowest BCUT2D eigenvalue weighted by Crippen LogP contribution is -2.47. The van der Waals surface area contributed by atoms with E-state index in [4.69, 9.17) is 14.3 Å². The Hall–Kier alpha value is -5.76. The molecule has 52 heavy (non-hydrogen) atoms. The van der Waals surface area contributed by atoms with Crippen LogP contribution in [0, 0.1) is 0 Å². The number of fused-ring (bicyclic) bond motifs is 8. The second-order valence-corrected chi connectivity index (χ2v) is 12.2. The first-order valence-electron chi connectivity index (χ1n) is 17.4. The molecule has 4 aromatic rings. The molecule has 272 valence electrons. The predicted molar refractivity (Wildman–Crippen MR) is 191 cm³/mol. The first-order chi connectivity index (χ1) is 25.4. The van der Waals surface area contributed by atoms with Crippen LogP contribution >= 0.6 is 0 Å². The molecular weight excluding hydrogens is 666 g/mol. The Morgan fingerprint density at radius 3 is 1.75 bits per heavy atom. The maximum atomic E-state index is 13.0. The standard InChI is InChI=1S/C20H24N4O4.C18H19N3O3/c1-24(27-2)20(26)16-10-4-3-7-13-28-17-11-12-21-18(23-17)14-8-5-6-9-15(14)19(25)22-16;22-12-13-6-2-1-5-11-24-16-9-10-19-17(21-16)14-7-3-4-8-15(14)18(23)20-13/h5-6,8-9,11-12,16H,3-4,7,10,13H2,1-2H3,(H,22,25);3-4,7-10,12-13H,1-2,5-6,11H2,(H,20,23)/t16-;13-/m00/s1. The Kier molecular flexibility index (Phi) is 13.7. The third kappa shape index (κ3) is 10.2. The van der Waals surface area contributed by atoms with Gasteiger partial charge in [0.25, 0.3) is 17.7 Å². The van der Waals surface area contributed by atoms with E-state index in [0.717, 1.165) is 49.9 Å². The average molecular weight is 710 g/mol. The molecule has 2 atom stereocenters. The molecule has 0 aliphatic carbocycles. The smallest absolute Gasteiger partial charge is 0.268 e. The summed E-state index contributed by atoms with van der Waals surface area (Å²) in [5.41, 5.74) is 2.03. The number of rotatable bonds is 3. The Morgan fingerprint density at radius 2 is 1.23 bits per heavy atom. The first kappa shape index (κ1) is 37.5. The third-order valence-corrected chi connectivity index (χ3v) is 8.55. The number of aldehydes is 1. The van der Waals surface area contributed by atoms with E-state index in [1.807, 2.05) is 12.1 Å². The maximum Gasteiger partial charge on any atom is 0.268 e. The third-order valence-electron chi connectivity index (χ3n) is 8.55. The molecule has 2 N–H and O–H groups in total. The topological polar surface area (TPSA) is 175 Å². The second-order valence-electron chi connectivity index (χ2n) is 12.2. The largest absolute Gasteiger partial charge is 0.478 e. The van der Waals surface area contributed by atoms with Gasteiger partial charge in [-0.1, -0.05) is 49.2 Å². The van der Waals surface area contributed by atoms with Crippen LogP contribution < -0.4 is 20.1 Å². The van der Waals surface area contributed by atoms with E-state index in [0.29, 0.717) is 71.7 Å². The van der Waals surface area contributed by atoms with Gasteiger partial charge in [0.15, 0.2) is 11.6 Å². The van der Waals surface area contributed by atoms with Crippen molar-refractivity contribution in [2.24, 2.45) is 0 Å². The Labute approximate surface area is 302 Å². The zero-order valence-corrected chi connectivity index (χ0v) is 29.3. The Morgan fingerprint density at radius 1 is 0.731 bits per heavy atom. The van der Waals surface area contributed by atoms with Crippen molar-refractivity contribution in [1.29, 1.82) is 0 Å². The number of hydroxylamine groups is 2. The summed E-state index contributed by atoms with van der Waals surface area (Å²) in [7, 11) is 2.95. The summed E-state index contributed by atoms with van der Waals surface area (Å²) < 4.78 is 11.4. The van der Waals surface area contributed by atoms with Crippen LogP contribution in [0.15, 0.2) is 73.1 Å². The normalized spacial score (nSPS) is 18.0. The minimum Gasteiger partial charge on any atom is -0.478 e. The summed E-state index contributed by atoms with van der Waals surface area (Å²) in [6.07, 6.45) is 10.3. The van der Waals surface area contributed by atoms with Crippen LogP contribution in [0.4, 0.5) is 0 Å². The quantitative estimate of drug-likeness (QED) is 0.225. The van der Waals surface area contributed by atoms with Crippen LogP contribution in [-0.4, -0.2) is 88.5 Å². The van der Waals surface area contributed by atoms with Crippen molar-refractivity contribution < 1.29 is 33.5 Å². The fourth-order valence-corrected chi connectivity index (χ4v) is 5.70. The fourth-order valence-electron chi connectivity index (χ4n) is 5.70. The molecule has 2 aromatic heterocycles. The number of nitrogens with one attached hydrogen (secondary N) is 2. The monoisotopic (exact) mass is 709 g/mol. The van der Waals surface area contributed by atoms with Gasteiger partial charge >= 0.3 is 0 Å². The average Bonchev–Trinajstić information content (AvgIpc) is 3.18. The van der Waals surface area contributed by atoms with Gasteiger partial charge in [0.2, 0.25) is 11.8 Å². The highest BCUT2D eigenvalue weighted by molar-refractivity contribution is 6.02. The number of carbonyl (C=O) groups is 4. The van der Waals surface area contributed by atoms with Crippen LogP contribution in [0.5, 0.6) is 11.8 Å². The van der Waals surface area contributed by atoms with Crippen LogP contribution in [-0.2, 0) is 14.4 Å². The van der Waals surface area contributed by atoms with Crippen molar-refractivity contribution in [2.45, 2.75) is 63.5 Å². The summed E-state index contributed by atoms with van der Waals surface area (Å²) in [4.78, 5) is 71.8. The van der Waals surface area contributed by atoms with Gasteiger partial charge in [-0.2, -0.15) is 9.97 Å². The second kappa shape index (κ2) is 19.0. The summed E-state index contributed by atoms with van der Waals surface area (Å²) >= 11 is 0. The van der Waals surface area contributed by atoms with Crippen LogP contribution in [0.2, 0.25) is 0 Å². The number of hydrogen-bond acceptors (Lipinski definition) is 11. The van der Waals surface area contributed by atoms with Gasteiger partial charge in [0.05, 0.1) is 37.5 Å². The van der Waals surface area contributed by atoms with Crippen molar-refractivity contribution in [1.82, 2.24) is 35.6 Å². The molecule has 14 heteroatoms. The van der Waals surface area contributed by atoms with E-state index < -0.39 is 12.1 Å². The van der Waals surface area contributed by atoms with Crippen molar-refractivity contribution in [3.05, 3.63) is 84.2 Å². The minimum absolute atomic E-state index is 0.296. The number of hydrogen-bond donors (Lipinski definition) is 2. The van der Waals surface area contributed by atoms with Gasteiger partial charge in [-0.3, -0.25) is 19.2 Å². The lowest BCUT2D eigenvalue weighted by Gasteiger charge is -2.23. The zero-order valence-electron chi connectivity index (χ0n) is 29.3. The highest BCUT2D eigenvalue weighted by Gasteiger charge is 2.26. The number of benzene rings is 2. The summed E-state index contributed by atoms with van der Waals surface area (Å²) in [6.45, 7) is 1.09. The highest BCUT2D eigenvalue weighted by atomic mass is 16.7. The molecule has 0 spiro atoms. The van der Waals surface area contributed by atoms with Crippen LogP contribution in [0.25, 0.3) is 22.8 Å². The van der Waals surface area contributed by atoms with E-state index in [1.54, 1.807) is 60.9 Å². The summed E-state index contributed by atoms with van der Waals surface area (Å²) in [5.74, 6) is 0.857. The Bertz CT molecular complexity index is 1840. The van der Waals surface area contributed by atoms with Gasteiger partial charge in [-0.15, -0.1) is 0 Å². The SMILES string of the molecule is CON(C)C(=O)[C@@H]1CCCCCOc2ccnc(n2)-c2ccccc2C(=O)N1.O=C[C@@H]1CCCCCOc2ccnc(n2)-c2ccccc2C(=O)N1. The first-order valence-corrected chi connectivity index (χ1v) is 17.4. The van der Waals surface area contributed by atoms with E-state index in [2.05, 4.69) is 30.6 Å². The molecule has 2 aromatic carbocycles. The lowest BCUT2D eigenvalue weighted by molar-refractivity contribution is -0.171. The van der Waals surface area contributed by atoms with Crippen molar-refractivity contribution in [3.8, 4) is 34.5 Å². The van der Waals surface area contributed by atoms with Gasteiger partial charge in [-0.25, -0.2) is 15.0 Å². The molecular formula is C38H43N7O7. The van der Waals surface area contributed by atoms with E-state index in [1.165, 1.54) is 14.2 Å². The fraction of sp³-hybridized carbons (Fsp3) is 0.368. The molecule has 6 rings (SSSR count). The molecule has 0 saturated heterocycles. The van der Waals surface area contributed by atoms with Crippen LogP contribution in [0.1, 0.15) is 72.1 Å². The van der Waals surface area contributed by atoms with Gasteiger partial charge in [0, 0.05) is 42.7 Å². The van der Waals surface area contributed by atoms with Gasteiger partial charge in [-0.05, 0) is 50.7 Å². The van der Waals surface area contributed by atoms with Crippen molar-refractivity contribution in [2.75, 3.05) is 27.4 Å². The van der Waals surface area contributed by atoms with Crippen LogP contribution in [0.3, 0.4) is 0 Å². The minimum atomic E-state index is -0.679. The molecule has 2 aliphatic rings. The molecule has 4 heterocycles. The predicted octanol–water partition coefficient (Wildman–Crippen LogP) is 4.61. The zero-order chi connectivity index (χ0) is 36.7. The summed E-state index contributed by atoms with van der Waals surface area (Å²) in [5, 5.41) is 6.78. The molecule has 3 amide bonds. The maximum absolute atomic E-state index is 13.0. The molecule has 4 bridgehead atoms. The number of ether oxygens (including phenoxy) is 2.